The SMILES string of the molecule is CC1(C)CC(=O)C2C(c3cccc(Br)c3)=NNC2C1. The number of hydrogen-bond acceptors (Lipinski definition) is 3. The number of halogens is 1. The van der Waals surface area contributed by atoms with Gasteiger partial charge in [-0.05, 0) is 29.5 Å². The molecule has 1 heterocycles. The largest absolute Gasteiger partial charge is 0.306 e. The molecule has 0 saturated heterocycles. The van der Waals surface area contributed by atoms with E-state index < -0.39 is 0 Å². The van der Waals surface area contributed by atoms with Gasteiger partial charge in [0.2, 0.25) is 0 Å². The quantitative estimate of drug-likeness (QED) is 0.863. The summed E-state index contributed by atoms with van der Waals surface area (Å²) in [5, 5.41) is 4.43. The van der Waals surface area contributed by atoms with Gasteiger partial charge in [0.05, 0.1) is 17.7 Å². The second kappa shape index (κ2) is 4.44. The lowest BCUT2D eigenvalue weighted by atomic mass is 9.68. The molecule has 1 aliphatic carbocycles. The van der Waals surface area contributed by atoms with Gasteiger partial charge in [0.15, 0.2) is 0 Å². The number of ketones is 1. The molecule has 0 bridgehead atoms. The minimum atomic E-state index is -0.0812. The number of rotatable bonds is 1. The number of Topliss-reactive ketones (excluding diaryl/α,β-unsaturated/α-hetero) is 1. The Balaban J connectivity index is 1.93. The first kappa shape index (κ1) is 12.9. The van der Waals surface area contributed by atoms with Crippen LogP contribution in [0.1, 0.15) is 32.3 Å². The van der Waals surface area contributed by atoms with Crippen LogP contribution in [0.15, 0.2) is 33.8 Å². The van der Waals surface area contributed by atoms with Gasteiger partial charge >= 0.3 is 0 Å². The smallest absolute Gasteiger partial charge is 0.144 e. The Hall–Kier alpha value is -1.16. The summed E-state index contributed by atoms with van der Waals surface area (Å²) in [5.74, 6) is 0.229. The van der Waals surface area contributed by atoms with Crippen LogP contribution in [0.3, 0.4) is 0 Å². The summed E-state index contributed by atoms with van der Waals surface area (Å²) in [5.41, 5.74) is 5.17. The van der Waals surface area contributed by atoms with Gasteiger partial charge in [-0.25, -0.2) is 0 Å². The molecule has 2 atom stereocenters. The average Bonchev–Trinajstić information content (AvgIpc) is 2.71. The third-order valence-corrected chi connectivity index (χ3v) is 4.43. The van der Waals surface area contributed by atoms with Crippen molar-refractivity contribution < 1.29 is 4.79 Å². The van der Waals surface area contributed by atoms with Crippen molar-refractivity contribution in [3.05, 3.63) is 34.3 Å². The Kier molecular flexibility index (Phi) is 3.01. The number of fused-ring (bicyclic) bond motifs is 1. The summed E-state index contributed by atoms with van der Waals surface area (Å²) in [6, 6.07) is 8.16. The fourth-order valence-electron chi connectivity index (χ4n) is 3.17. The first-order chi connectivity index (χ1) is 8.96. The van der Waals surface area contributed by atoms with E-state index in [2.05, 4.69) is 40.3 Å². The fraction of sp³-hybridized carbons (Fsp3) is 0.467. The average molecular weight is 321 g/mol. The normalized spacial score (nSPS) is 28.6. The van der Waals surface area contributed by atoms with Crippen molar-refractivity contribution in [2.24, 2.45) is 16.4 Å². The first-order valence-corrected chi connectivity index (χ1v) is 7.37. The van der Waals surface area contributed by atoms with Crippen molar-refractivity contribution in [1.29, 1.82) is 0 Å². The Labute approximate surface area is 121 Å². The van der Waals surface area contributed by atoms with E-state index in [0.717, 1.165) is 22.2 Å². The number of carbonyl (C=O) groups is 1. The molecule has 1 saturated carbocycles. The highest BCUT2D eigenvalue weighted by Gasteiger charge is 2.46. The summed E-state index contributed by atoms with van der Waals surface area (Å²) in [4.78, 5) is 12.4. The molecule has 0 radical (unpaired) electrons. The number of benzene rings is 1. The molecule has 1 aromatic rings. The van der Waals surface area contributed by atoms with E-state index in [1.54, 1.807) is 0 Å². The van der Waals surface area contributed by atoms with Gasteiger partial charge in [0, 0.05) is 10.9 Å². The summed E-state index contributed by atoms with van der Waals surface area (Å²) in [6.07, 6.45) is 1.63. The molecule has 0 amide bonds. The number of carbonyl (C=O) groups excluding carboxylic acids is 1. The molecule has 2 unspecified atom stereocenters. The van der Waals surface area contributed by atoms with Crippen LogP contribution in [-0.4, -0.2) is 17.5 Å². The van der Waals surface area contributed by atoms with Crippen molar-refractivity contribution in [2.75, 3.05) is 0 Å². The Morgan fingerprint density at radius 1 is 1.42 bits per heavy atom. The highest BCUT2D eigenvalue weighted by Crippen LogP contribution is 2.39. The third-order valence-electron chi connectivity index (χ3n) is 3.94. The van der Waals surface area contributed by atoms with Crippen LogP contribution in [-0.2, 0) is 4.79 Å². The van der Waals surface area contributed by atoms with E-state index in [9.17, 15) is 4.79 Å². The lowest BCUT2D eigenvalue weighted by Gasteiger charge is -2.36. The first-order valence-electron chi connectivity index (χ1n) is 6.58. The van der Waals surface area contributed by atoms with Crippen LogP contribution in [0.2, 0.25) is 0 Å². The zero-order valence-electron chi connectivity index (χ0n) is 11.1. The molecule has 0 spiro atoms. The molecule has 3 nitrogen and oxygen atoms in total. The van der Waals surface area contributed by atoms with E-state index in [1.807, 2.05) is 24.3 Å². The molecule has 3 rings (SSSR count). The Bertz CT molecular complexity index is 565. The number of hydrazone groups is 1. The summed E-state index contributed by atoms with van der Waals surface area (Å²) < 4.78 is 1.01. The highest BCUT2D eigenvalue weighted by molar-refractivity contribution is 9.10. The van der Waals surface area contributed by atoms with Crippen LogP contribution in [0.5, 0.6) is 0 Å². The second-order valence-electron chi connectivity index (χ2n) is 6.23. The molecule has 1 aliphatic heterocycles. The zero-order valence-corrected chi connectivity index (χ0v) is 12.7. The fourth-order valence-corrected chi connectivity index (χ4v) is 3.57. The third kappa shape index (κ3) is 2.34. The molecular weight excluding hydrogens is 304 g/mol. The number of hydrogen-bond donors (Lipinski definition) is 1. The van der Waals surface area contributed by atoms with Crippen molar-refractivity contribution in [2.45, 2.75) is 32.7 Å². The van der Waals surface area contributed by atoms with Gasteiger partial charge in [0.25, 0.3) is 0 Å². The number of nitrogens with zero attached hydrogens (tertiary/aromatic N) is 1. The van der Waals surface area contributed by atoms with E-state index in [-0.39, 0.29) is 17.4 Å². The second-order valence-corrected chi connectivity index (χ2v) is 7.15. The molecule has 0 aromatic heterocycles. The number of nitrogens with one attached hydrogen (secondary N) is 1. The van der Waals surface area contributed by atoms with Gasteiger partial charge in [-0.1, -0.05) is 41.9 Å². The van der Waals surface area contributed by atoms with Crippen molar-refractivity contribution in [3.8, 4) is 0 Å². The van der Waals surface area contributed by atoms with E-state index in [0.29, 0.717) is 12.2 Å². The highest BCUT2D eigenvalue weighted by atomic mass is 79.9. The van der Waals surface area contributed by atoms with Crippen LogP contribution in [0.4, 0.5) is 0 Å². The summed E-state index contributed by atoms with van der Waals surface area (Å²) in [7, 11) is 0. The Morgan fingerprint density at radius 3 is 2.95 bits per heavy atom. The van der Waals surface area contributed by atoms with E-state index >= 15 is 0 Å². The standard InChI is InChI=1S/C15H17BrN2O/c1-15(2)7-11-13(12(19)8-15)14(18-17-11)9-4-3-5-10(16)6-9/h3-6,11,13,17H,7-8H2,1-2H3. The Morgan fingerprint density at radius 2 is 2.21 bits per heavy atom. The van der Waals surface area contributed by atoms with Crippen LogP contribution in [0, 0.1) is 11.3 Å². The van der Waals surface area contributed by atoms with Gasteiger partial charge < -0.3 is 5.43 Å². The predicted octanol–water partition coefficient (Wildman–Crippen LogP) is 3.13. The van der Waals surface area contributed by atoms with Crippen LogP contribution >= 0.6 is 15.9 Å². The minimum absolute atomic E-state index is 0.0769. The van der Waals surface area contributed by atoms with Crippen molar-refractivity contribution in [3.63, 3.8) is 0 Å². The maximum atomic E-state index is 12.4. The van der Waals surface area contributed by atoms with Gasteiger partial charge in [-0.2, -0.15) is 5.10 Å². The lowest BCUT2D eigenvalue weighted by molar-refractivity contribution is -0.126. The van der Waals surface area contributed by atoms with Crippen molar-refractivity contribution in [1.82, 2.24) is 5.43 Å². The maximum absolute atomic E-state index is 12.4. The molecule has 1 N–H and O–H groups in total. The monoisotopic (exact) mass is 320 g/mol. The lowest BCUT2D eigenvalue weighted by Crippen LogP contribution is -2.45. The summed E-state index contributed by atoms with van der Waals surface area (Å²) in [6.45, 7) is 4.31. The van der Waals surface area contributed by atoms with Gasteiger partial charge in [-0.15, -0.1) is 0 Å². The summed E-state index contributed by atoms with van der Waals surface area (Å²) >= 11 is 3.47. The molecule has 19 heavy (non-hydrogen) atoms. The zero-order chi connectivity index (χ0) is 13.6. The molecule has 100 valence electrons. The molecule has 4 heteroatoms. The maximum Gasteiger partial charge on any atom is 0.144 e. The molecule has 1 aromatic carbocycles. The topological polar surface area (TPSA) is 41.5 Å². The van der Waals surface area contributed by atoms with E-state index in [4.69, 9.17) is 0 Å². The van der Waals surface area contributed by atoms with Crippen LogP contribution in [0.25, 0.3) is 0 Å². The minimum Gasteiger partial charge on any atom is -0.306 e. The molecule has 1 fully saturated rings. The molecular formula is C15H17BrN2O. The van der Waals surface area contributed by atoms with Crippen molar-refractivity contribution >= 4 is 27.4 Å². The van der Waals surface area contributed by atoms with Gasteiger partial charge in [-0.3, -0.25) is 4.79 Å². The van der Waals surface area contributed by atoms with E-state index in [1.165, 1.54) is 0 Å². The molecule has 2 aliphatic rings. The van der Waals surface area contributed by atoms with Gasteiger partial charge in [0.1, 0.15) is 5.78 Å². The predicted molar refractivity (Wildman–Crippen MR) is 79.1 cm³/mol. The van der Waals surface area contributed by atoms with Crippen LogP contribution < -0.4 is 5.43 Å².